The van der Waals surface area contributed by atoms with Gasteiger partial charge in [0.15, 0.2) is 5.82 Å². The number of benzene rings is 1. The molecule has 0 amide bonds. The highest BCUT2D eigenvalue weighted by Gasteiger charge is 2.21. The van der Waals surface area contributed by atoms with Crippen LogP contribution in [0, 0.1) is 0 Å². The summed E-state index contributed by atoms with van der Waals surface area (Å²) in [4.78, 5) is 4.19. The molecule has 1 atom stereocenters. The average Bonchev–Trinajstić information content (AvgIpc) is 2.87. The van der Waals surface area contributed by atoms with Crippen molar-refractivity contribution in [3.63, 3.8) is 0 Å². The van der Waals surface area contributed by atoms with Crippen LogP contribution in [0.5, 0.6) is 0 Å². The Kier molecular flexibility index (Phi) is 4.74. The summed E-state index contributed by atoms with van der Waals surface area (Å²) < 4.78 is 29.9. The normalized spacial score (nSPS) is 13.5. The maximum Gasteiger partial charge on any atom is 0.229 e. The highest BCUT2D eigenvalue weighted by atomic mass is 32.2. The van der Waals surface area contributed by atoms with E-state index in [1.54, 1.807) is 0 Å². The smallest absolute Gasteiger partial charge is 0.229 e. The molecular weight excluding hydrogens is 290 g/mol. The Morgan fingerprint density at radius 3 is 2.52 bits per heavy atom. The molecule has 0 bridgehead atoms. The maximum atomic E-state index is 11.8. The lowest BCUT2D eigenvalue weighted by atomic mass is 10.0. The van der Waals surface area contributed by atoms with Crippen LogP contribution in [0.4, 0.5) is 0 Å². The molecule has 0 aliphatic carbocycles. The van der Waals surface area contributed by atoms with E-state index in [1.807, 2.05) is 37.3 Å². The summed E-state index contributed by atoms with van der Waals surface area (Å²) in [5, 5.41) is 3.75. The third-order valence-corrected chi connectivity index (χ3v) is 4.89. The molecule has 0 radical (unpaired) electrons. The fourth-order valence-electron chi connectivity index (χ4n) is 1.87. The molecule has 0 fully saturated rings. The summed E-state index contributed by atoms with van der Waals surface area (Å²) in [6.45, 7) is 1.98. The molecule has 0 aliphatic rings. The van der Waals surface area contributed by atoms with Crippen molar-refractivity contribution in [3.05, 3.63) is 47.6 Å². The maximum absolute atomic E-state index is 11.8. The van der Waals surface area contributed by atoms with Crippen LogP contribution in [0.3, 0.4) is 0 Å². The standard InChI is InChI=1S/C14H19N3O3S/c1-11(9-12-7-5-4-6-8-12)14-15-13(16-20-14)10-21(18,19)17(2)3/h4-8,11H,9-10H2,1-3H3/t11-/m0/s1. The van der Waals surface area contributed by atoms with Crippen LogP contribution in [-0.4, -0.2) is 37.0 Å². The summed E-state index contributed by atoms with van der Waals surface area (Å²) in [6.07, 6.45) is 0.767. The van der Waals surface area contributed by atoms with Gasteiger partial charge >= 0.3 is 0 Å². The highest BCUT2D eigenvalue weighted by molar-refractivity contribution is 7.88. The fourth-order valence-corrected chi connectivity index (χ4v) is 2.58. The van der Waals surface area contributed by atoms with Gasteiger partial charge in [-0.05, 0) is 12.0 Å². The van der Waals surface area contributed by atoms with Gasteiger partial charge in [-0.1, -0.05) is 42.4 Å². The summed E-state index contributed by atoms with van der Waals surface area (Å²) in [6, 6.07) is 9.98. The van der Waals surface area contributed by atoms with Crippen LogP contribution in [0.1, 0.15) is 30.1 Å². The Bertz CT molecular complexity index is 680. The number of aromatic nitrogens is 2. The summed E-state index contributed by atoms with van der Waals surface area (Å²) in [5.41, 5.74) is 1.17. The predicted octanol–water partition coefficient (Wildman–Crippen LogP) is 1.81. The predicted molar refractivity (Wildman–Crippen MR) is 79.2 cm³/mol. The van der Waals surface area contributed by atoms with Gasteiger partial charge in [0.1, 0.15) is 5.75 Å². The molecule has 0 aliphatic heterocycles. The molecule has 0 N–H and O–H groups in total. The number of hydrogen-bond acceptors (Lipinski definition) is 5. The van der Waals surface area contributed by atoms with Crippen LogP contribution in [0.25, 0.3) is 0 Å². The highest BCUT2D eigenvalue weighted by Crippen LogP contribution is 2.19. The molecule has 0 saturated heterocycles. The van der Waals surface area contributed by atoms with Gasteiger partial charge < -0.3 is 4.52 Å². The first-order valence-electron chi connectivity index (χ1n) is 6.65. The van der Waals surface area contributed by atoms with Crippen LogP contribution < -0.4 is 0 Å². The second kappa shape index (κ2) is 6.36. The average molecular weight is 309 g/mol. The van der Waals surface area contributed by atoms with E-state index in [4.69, 9.17) is 4.52 Å². The third kappa shape index (κ3) is 4.12. The van der Waals surface area contributed by atoms with Crippen LogP contribution in [0.2, 0.25) is 0 Å². The molecule has 114 valence electrons. The van der Waals surface area contributed by atoms with Crippen molar-refractivity contribution in [1.29, 1.82) is 0 Å². The Hall–Kier alpha value is -1.73. The Balaban J connectivity index is 2.06. The lowest BCUT2D eigenvalue weighted by Crippen LogP contribution is -2.24. The zero-order valence-corrected chi connectivity index (χ0v) is 13.2. The van der Waals surface area contributed by atoms with Crippen LogP contribution in [0.15, 0.2) is 34.9 Å². The molecule has 6 nitrogen and oxygen atoms in total. The molecule has 0 unspecified atom stereocenters. The van der Waals surface area contributed by atoms with Crippen molar-refractivity contribution < 1.29 is 12.9 Å². The van der Waals surface area contributed by atoms with E-state index in [-0.39, 0.29) is 17.5 Å². The third-order valence-electron chi connectivity index (χ3n) is 3.16. The molecule has 0 spiro atoms. The topological polar surface area (TPSA) is 76.3 Å². The quantitative estimate of drug-likeness (QED) is 0.813. The van der Waals surface area contributed by atoms with Crippen molar-refractivity contribution in [2.75, 3.05) is 14.1 Å². The minimum absolute atomic E-state index is 0.0377. The Labute approximate surface area is 124 Å². The first-order valence-corrected chi connectivity index (χ1v) is 8.26. The minimum Gasteiger partial charge on any atom is -0.339 e. The lowest BCUT2D eigenvalue weighted by molar-refractivity contribution is 0.355. The number of sulfonamides is 1. The SMILES string of the molecule is C[C@@H](Cc1ccccc1)c1nc(CS(=O)(=O)N(C)C)no1. The van der Waals surface area contributed by atoms with E-state index in [0.29, 0.717) is 5.89 Å². The monoisotopic (exact) mass is 309 g/mol. The fraction of sp³-hybridized carbons (Fsp3) is 0.429. The lowest BCUT2D eigenvalue weighted by Gasteiger charge is -2.08. The molecule has 2 aromatic rings. The summed E-state index contributed by atoms with van der Waals surface area (Å²) in [5.74, 6) is 0.443. The molecule has 2 rings (SSSR count). The molecule has 1 aromatic carbocycles. The first-order chi connectivity index (χ1) is 9.88. The summed E-state index contributed by atoms with van der Waals surface area (Å²) >= 11 is 0. The Morgan fingerprint density at radius 1 is 1.24 bits per heavy atom. The van der Waals surface area contributed by atoms with Gasteiger partial charge in [-0.25, -0.2) is 12.7 Å². The summed E-state index contributed by atoms with van der Waals surface area (Å²) in [7, 11) is -0.413. The van der Waals surface area contributed by atoms with Gasteiger partial charge in [0.2, 0.25) is 15.9 Å². The Morgan fingerprint density at radius 2 is 1.90 bits per heavy atom. The second-order valence-corrected chi connectivity index (χ2v) is 7.36. The molecule has 0 saturated carbocycles. The van der Waals surface area contributed by atoms with E-state index < -0.39 is 10.0 Å². The van der Waals surface area contributed by atoms with Crippen molar-refractivity contribution >= 4 is 10.0 Å². The largest absolute Gasteiger partial charge is 0.339 e. The molecular formula is C14H19N3O3S. The van der Waals surface area contributed by atoms with E-state index in [0.717, 1.165) is 10.7 Å². The zero-order chi connectivity index (χ0) is 15.5. The number of nitrogens with zero attached hydrogens (tertiary/aromatic N) is 3. The van der Waals surface area contributed by atoms with Crippen molar-refractivity contribution in [3.8, 4) is 0 Å². The first kappa shape index (κ1) is 15.7. The van der Waals surface area contributed by atoms with Gasteiger partial charge in [0.05, 0.1) is 0 Å². The second-order valence-electron chi connectivity index (χ2n) is 5.18. The molecule has 1 heterocycles. The van der Waals surface area contributed by atoms with Crippen molar-refractivity contribution in [1.82, 2.24) is 14.4 Å². The van der Waals surface area contributed by atoms with E-state index >= 15 is 0 Å². The number of hydrogen-bond donors (Lipinski definition) is 0. The van der Waals surface area contributed by atoms with E-state index in [2.05, 4.69) is 10.1 Å². The zero-order valence-electron chi connectivity index (χ0n) is 12.4. The van der Waals surface area contributed by atoms with E-state index in [1.165, 1.54) is 19.7 Å². The van der Waals surface area contributed by atoms with Crippen LogP contribution >= 0.6 is 0 Å². The van der Waals surface area contributed by atoms with Gasteiger partial charge in [-0.3, -0.25) is 0 Å². The van der Waals surface area contributed by atoms with Crippen LogP contribution in [-0.2, 0) is 22.2 Å². The minimum atomic E-state index is -3.37. The van der Waals surface area contributed by atoms with Gasteiger partial charge in [0, 0.05) is 20.0 Å². The van der Waals surface area contributed by atoms with Gasteiger partial charge in [-0.2, -0.15) is 4.98 Å². The molecule has 7 heteroatoms. The van der Waals surface area contributed by atoms with Gasteiger partial charge in [-0.15, -0.1) is 0 Å². The molecule has 21 heavy (non-hydrogen) atoms. The molecule has 1 aromatic heterocycles. The van der Waals surface area contributed by atoms with Crippen molar-refractivity contribution in [2.24, 2.45) is 0 Å². The van der Waals surface area contributed by atoms with Gasteiger partial charge in [0.25, 0.3) is 0 Å². The van der Waals surface area contributed by atoms with Crippen molar-refractivity contribution in [2.45, 2.75) is 25.0 Å². The van der Waals surface area contributed by atoms with E-state index in [9.17, 15) is 8.42 Å². The number of rotatable bonds is 6.